The molecule has 0 saturated carbocycles. The van der Waals surface area contributed by atoms with Crippen LogP contribution in [0.5, 0.6) is 11.5 Å². The predicted octanol–water partition coefficient (Wildman–Crippen LogP) is 6.75. The second kappa shape index (κ2) is 8.18. The fourth-order valence-electron chi connectivity index (χ4n) is 4.71. The van der Waals surface area contributed by atoms with Gasteiger partial charge in [0.1, 0.15) is 11.5 Å². The molecule has 30 heavy (non-hydrogen) atoms. The van der Waals surface area contributed by atoms with Gasteiger partial charge in [-0.15, -0.1) is 0 Å². The van der Waals surface area contributed by atoms with Crippen LogP contribution in [-0.4, -0.2) is 10.2 Å². The minimum absolute atomic E-state index is 0.394. The van der Waals surface area contributed by atoms with E-state index < -0.39 is 0 Å². The Morgan fingerprint density at radius 3 is 1.07 bits per heavy atom. The van der Waals surface area contributed by atoms with Crippen molar-refractivity contribution in [1.82, 2.24) is 0 Å². The van der Waals surface area contributed by atoms with Crippen LogP contribution >= 0.6 is 0 Å². The van der Waals surface area contributed by atoms with E-state index in [0.29, 0.717) is 11.5 Å². The average molecular weight is 403 g/mol. The summed E-state index contributed by atoms with van der Waals surface area (Å²) in [7, 11) is 0. The SMILES string of the molecule is Cc1cc(Cc2c(C)c(C)c(C)c(Cc3cc(C)c(O)c(C)c3)c2C)cc(C)c1O. The van der Waals surface area contributed by atoms with Crippen LogP contribution in [-0.2, 0) is 12.8 Å². The van der Waals surface area contributed by atoms with Crippen molar-refractivity contribution in [2.24, 2.45) is 0 Å². The molecular weight excluding hydrogens is 368 g/mol. The van der Waals surface area contributed by atoms with E-state index >= 15 is 0 Å². The highest BCUT2D eigenvalue weighted by atomic mass is 16.3. The van der Waals surface area contributed by atoms with Crippen molar-refractivity contribution in [3.8, 4) is 11.5 Å². The maximum Gasteiger partial charge on any atom is 0.121 e. The maximum absolute atomic E-state index is 10.1. The van der Waals surface area contributed by atoms with E-state index in [1.54, 1.807) is 0 Å². The van der Waals surface area contributed by atoms with Gasteiger partial charge in [0.15, 0.2) is 0 Å². The minimum Gasteiger partial charge on any atom is -0.507 e. The molecule has 0 aliphatic rings. The lowest BCUT2D eigenvalue weighted by atomic mass is 9.83. The first-order chi connectivity index (χ1) is 14.0. The highest BCUT2D eigenvalue weighted by Crippen LogP contribution is 2.33. The van der Waals surface area contributed by atoms with Gasteiger partial charge in [-0.2, -0.15) is 0 Å². The first-order valence-electron chi connectivity index (χ1n) is 10.7. The topological polar surface area (TPSA) is 40.5 Å². The molecule has 3 rings (SSSR count). The van der Waals surface area contributed by atoms with Gasteiger partial charge in [0.25, 0.3) is 0 Å². The van der Waals surface area contributed by atoms with E-state index in [2.05, 4.69) is 52.0 Å². The van der Waals surface area contributed by atoms with E-state index in [1.807, 2.05) is 27.7 Å². The number of rotatable bonds is 4. The summed E-state index contributed by atoms with van der Waals surface area (Å²) in [5.41, 5.74) is 14.4. The number of hydrogen-bond acceptors (Lipinski definition) is 2. The Balaban J connectivity index is 2.09. The lowest BCUT2D eigenvalue weighted by Gasteiger charge is -2.22. The normalized spacial score (nSPS) is 11.2. The summed E-state index contributed by atoms with van der Waals surface area (Å²) in [6, 6.07) is 8.40. The Labute approximate surface area is 181 Å². The third-order valence-electron chi connectivity index (χ3n) is 6.80. The lowest BCUT2D eigenvalue weighted by Crippen LogP contribution is -2.07. The molecule has 0 aliphatic carbocycles. The molecule has 0 aromatic heterocycles. The molecule has 0 heterocycles. The molecule has 158 valence electrons. The largest absolute Gasteiger partial charge is 0.507 e. The highest BCUT2D eigenvalue weighted by molar-refractivity contribution is 5.54. The third-order valence-corrected chi connectivity index (χ3v) is 6.80. The van der Waals surface area contributed by atoms with Gasteiger partial charge in [-0.25, -0.2) is 0 Å². The number of hydrogen-bond donors (Lipinski definition) is 2. The molecule has 0 aliphatic heterocycles. The fourth-order valence-corrected chi connectivity index (χ4v) is 4.71. The van der Waals surface area contributed by atoms with Crippen LogP contribution in [0.1, 0.15) is 66.8 Å². The van der Waals surface area contributed by atoms with Crippen LogP contribution in [0.4, 0.5) is 0 Å². The van der Waals surface area contributed by atoms with Crippen LogP contribution in [0, 0.1) is 55.4 Å². The second-order valence-corrected chi connectivity index (χ2v) is 8.97. The van der Waals surface area contributed by atoms with Crippen molar-refractivity contribution in [2.45, 2.75) is 68.2 Å². The predicted molar refractivity (Wildman–Crippen MR) is 126 cm³/mol. The molecule has 0 bridgehead atoms. The Morgan fingerprint density at radius 2 is 0.767 bits per heavy atom. The summed E-state index contributed by atoms with van der Waals surface area (Å²) in [6.45, 7) is 16.8. The molecule has 3 aromatic rings. The fraction of sp³-hybridized carbons (Fsp3) is 0.357. The third kappa shape index (κ3) is 3.96. The Bertz CT molecular complexity index is 1000. The Kier molecular flexibility index (Phi) is 5.99. The molecule has 0 saturated heterocycles. The van der Waals surface area contributed by atoms with Gasteiger partial charge in [-0.3, -0.25) is 0 Å². The smallest absolute Gasteiger partial charge is 0.121 e. The van der Waals surface area contributed by atoms with Gasteiger partial charge < -0.3 is 10.2 Å². The summed E-state index contributed by atoms with van der Waals surface area (Å²) in [5, 5.41) is 20.3. The second-order valence-electron chi connectivity index (χ2n) is 8.97. The summed E-state index contributed by atoms with van der Waals surface area (Å²) in [5.74, 6) is 0.789. The van der Waals surface area contributed by atoms with Gasteiger partial charge in [0, 0.05) is 0 Å². The molecule has 2 heteroatoms. The van der Waals surface area contributed by atoms with Crippen LogP contribution < -0.4 is 0 Å². The highest BCUT2D eigenvalue weighted by Gasteiger charge is 2.17. The van der Waals surface area contributed by atoms with E-state index in [4.69, 9.17) is 0 Å². The molecule has 3 aromatic carbocycles. The molecule has 0 atom stereocenters. The maximum atomic E-state index is 10.1. The van der Waals surface area contributed by atoms with E-state index in [0.717, 1.165) is 35.1 Å². The minimum atomic E-state index is 0.394. The number of aromatic hydroxyl groups is 2. The number of phenols is 2. The Hall–Kier alpha value is -2.74. The number of benzene rings is 3. The molecule has 0 amide bonds. The molecule has 0 unspecified atom stereocenters. The van der Waals surface area contributed by atoms with Crippen molar-refractivity contribution in [3.05, 3.63) is 91.0 Å². The zero-order valence-electron chi connectivity index (χ0n) is 19.6. The van der Waals surface area contributed by atoms with Crippen molar-refractivity contribution in [3.63, 3.8) is 0 Å². The Morgan fingerprint density at radius 1 is 0.467 bits per heavy atom. The van der Waals surface area contributed by atoms with Gasteiger partial charge in [0.05, 0.1) is 0 Å². The molecule has 0 spiro atoms. The summed E-state index contributed by atoms with van der Waals surface area (Å²) < 4.78 is 0. The summed E-state index contributed by atoms with van der Waals surface area (Å²) in [6.07, 6.45) is 1.72. The molecule has 2 N–H and O–H groups in total. The van der Waals surface area contributed by atoms with Gasteiger partial charge in [0.2, 0.25) is 0 Å². The van der Waals surface area contributed by atoms with Crippen molar-refractivity contribution < 1.29 is 10.2 Å². The molecular formula is C28H34O2. The quantitative estimate of drug-likeness (QED) is 0.507. The zero-order valence-corrected chi connectivity index (χ0v) is 19.6. The average Bonchev–Trinajstić information content (AvgIpc) is 2.69. The lowest BCUT2D eigenvalue weighted by molar-refractivity contribution is 0.466. The van der Waals surface area contributed by atoms with Crippen LogP contribution in [0.3, 0.4) is 0 Å². The van der Waals surface area contributed by atoms with E-state index in [1.165, 1.54) is 44.5 Å². The van der Waals surface area contributed by atoms with E-state index in [9.17, 15) is 10.2 Å². The number of aryl methyl sites for hydroxylation is 4. The van der Waals surface area contributed by atoms with Crippen LogP contribution in [0.2, 0.25) is 0 Å². The molecule has 0 fully saturated rings. The van der Waals surface area contributed by atoms with Gasteiger partial charge in [-0.1, -0.05) is 24.3 Å². The van der Waals surface area contributed by atoms with Crippen molar-refractivity contribution in [1.29, 1.82) is 0 Å². The standard InChI is InChI=1S/C28H34O2/c1-15-9-23(10-16(2)27(15)29)13-25-20(6)19(5)21(7)26(22(25)8)14-24-11-17(3)28(30)18(4)12-24/h9-12,29-30H,13-14H2,1-8H3. The van der Waals surface area contributed by atoms with Crippen LogP contribution in [0.25, 0.3) is 0 Å². The van der Waals surface area contributed by atoms with Gasteiger partial charge in [-0.05, 0) is 135 Å². The van der Waals surface area contributed by atoms with Crippen LogP contribution in [0.15, 0.2) is 24.3 Å². The molecule has 2 nitrogen and oxygen atoms in total. The first kappa shape index (κ1) is 22.0. The zero-order chi connectivity index (χ0) is 22.3. The summed E-state index contributed by atoms with van der Waals surface area (Å²) >= 11 is 0. The summed E-state index contributed by atoms with van der Waals surface area (Å²) in [4.78, 5) is 0. The van der Waals surface area contributed by atoms with E-state index in [-0.39, 0.29) is 0 Å². The molecule has 0 radical (unpaired) electrons. The van der Waals surface area contributed by atoms with Gasteiger partial charge >= 0.3 is 0 Å². The monoisotopic (exact) mass is 402 g/mol. The number of phenolic OH excluding ortho intramolecular Hbond substituents is 2. The van der Waals surface area contributed by atoms with Crippen molar-refractivity contribution in [2.75, 3.05) is 0 Å². The van der Waals surface area contributed by atoms with Crippen molar-refractivity contribution >= 4 is 0 Å². The first-order valence-corrected chi connectivity index (χ1v) is 10.7.